The third kappa shape index (κ3) is 4.44. The minimum atomic E-state index is -0.604. The molecule has 3 N–H and O–H groups in total. The minimum Gasteiger partial charge on any atom is -0.395 e. The van der Waals surface area contributed by atoms with Gasteiger partial charge in [-0.15, -0.1) is 0 Å². The first-order valence-electron chi connectivity index (χ1n) is 10.3. The van der Waals surface area contributed by atoms with Gasteiger partial charge in [0.15, 0.2) is 0 Å². The van der Waals surface area contributed by atoms with Gasteiger partial charge in [-0.05, 0) is 31.2 Å². The molecular formula is C24H26N4O3. The number of anilines is 1. The van der Waals surface area contributed by atoms with E-state index < -0.39 is 6.10 Å². The van der Waals surface area contributed by atoms with E-state index in [-0.39, 0.29) is 12.5 Å². The molecule has 1 amide bonds. The quantitative estimate of drug-likeness (QED) is 0.387. The Labute approximate surface area is 180 Å². The fourth-order valence-electron chi connectivity index (χ4n) is 3.76. The fraction of sp³-hybridized carbons (Fsp3) is 0.250. The number of amides is 1. The summed E-state index contributed by atoms with van der Waals surface area (Å²) in [6, 6.07) is 17.3. The summed E-state index contributed by atoms with van der Waals surface area (Å²) >= 11 is 0. The molecule has 0 bridgehead atoms. The molecule has 1 unspecified atom stereocenters. The zero-order chi connectivity index (χ0) is 21.8. The molecule has 1 aromatic heterocycles. The first-order chi connectivity index (χ1) is 15.1. The van der Waals surface area contributed by atoms with E-state index in [1.54, 1.807) is 0 Å². The van der Waals surface area contributed by atoms with Crippen LogP contribution in [0, 0.1) is 0 Å². The van der Waals surface area contributed by atoms with Crippen LogP contribution in [0.25, 0.3) is 17.0 Å². The second-order valence-corrected chi connectivity index (χ2v) is 7.53. The van der Waals surface area contributed by atoms with Crippen molar-refractivity contribution in [1.82, 2.24) is 9.88 Å². The van der Waals surface area contributed by atoms with E-state index in [1.165, 1.54) is 5.01 Å². The highest BCUT2D eigenvalue weighted by Crippen LogP contribution is 2.28. The largest absolute Gasteiger partial charge is 0.395 e. The van der Waals surface area contributed by atoms with Crippen molar-refractivity contribution in [1.29, 1.82) is 0 Å². The van der Waals surface area contributed by atoms with Gasteiger partial charge >= 0.3 is 0 Å². The van der Waals surface area contributed by atoms with Crippen LogP contribution in [-0.2, 0) is 11.3 Å². The van der Waals surface area contributed by atoms with Gasteiger partial charge in [0.1, 0.15) is 0 Å². The molecule has 0 radical (unpaired) electrons. The van der Waals surface area contributed by atoms with Crippen molar-refractivity contribution in [2.45, 2.75) is 19.6 Å². The van der Waals surface area contributed by atoms with E-state index >= 15 is 0 Å². The van der Waals surface area contributed by atoms with Gasteiger partial charge in [-0.3, -0.25) is 4.79 Å². The average Bonchev–Trinajstić information content (AvgIpc) is 3.27. The number of hydrogen-bond acceptors (Lipinski definition) is 5. The van der Waals surface area contributed by atoms with Gasteiger partial charge in [0.2, 0.25) is 0 Å². The van der Waals surface area contributed by atoms with Crippen molar-refractivity contribution in [3.8, 4) is 0 Å². The molecule has 7 nitrogen and oxygen atoms in total. The van der Waals surface area contributed by atoms with Crippen LogP contribution in [0.3, 0.4) is 0 Å². The maximum Gasteiger partial charge on any atom is 0.280 e. The normalized spacial score (nSPS) is 16.4. The summed E-state index contributed by atoms with van der Waals surface area (Å²) in [5.74, 6) is -0.159. The van der Waals surface area contributed by atoms with Crippen LogP contribution >= 0.6 is 0 Å². The molecule has 31 heavy (non-hydrogen) atoms. The Hall–Kier alpha value is -3.26. The van der Waals surface area contributed by atoms with Gasteiger partial charge in [0, 0.05) is 42.3 Å². The van der Waals surface area contributed by atoms with E-state index in [9.17, 15) is 9.90 Å². The predicted molar refractivity (Wildman–Crippen MR) is 123 cm³/mol. The lowest BCUT2D eigenvalue weighted by molar-refractivity contribution is -0.114. The Kier molecular flexibility index (Phi) is 6.27. The van der Waals surface area contributed by atoms with E-state index in [4.69, 9.17) is 5.11 Å². The Bertz CT molecular complexity index is 1130. The first-order valence-corrected chi connectivity index (χ1v) is 10.3. The molecule has 7 heteroatoms. The van der Waals surface area contributed by atoms with Crippen molar-refractivity contribution >= 4 is 34.3 Å². The van der Waals surface area contributed by atoms with Gasteiger partial charge in [0.05, 0.1) is 29.7 Å². The Morgan fingerprint density at radius 1 is 1.13 bits per heavy atom. The third-order valence-electron chi connectivity index (χ3n) is 5.26. The van der Waals surface area contributed by atoms with Gasteiger partial charge in [-0.25, -0.2) is 0 Å². The molecule has 0 saturated carbocycles. The summed E-state index contributed by atoms with van der Waals surface area (Å²) in [6.07, 6.45) is 3.23. The topological polar surface area (TPSA) is 90.1 Å². The van der Waals surface area contributed by atoms with Crippen LogP contribution in [0.4, 0.5) is 5.69 Å². The summed E-state index contributed by atoms with van der Waals surface area (Å²) in [5.41, 5.74) is 3.83. The average molecular weight is 418 g/mol. The lowest BCUT2D eigenvalue weighted by Crippen LogP contribution is -2.31. The molecule has 0 aliphatic carbocycles. The molecule has 1 aliphatic rings. The number of hydrazone groups is 1. The highest BCUT2D eigenvalue weighted by molar-refractivity contribution is 6.32. The van der Waals surface area contributed by atoms with Crippen LogP contribution in [0.1, 0.15) is 12.5 Å². The van der Waals surface area contributed by atoms with Crippen LogP contribution in [0.2, 0.25) is 0 Å². The van der Waals surface area contributed by atoms with Crippen LogP contribution < -0.4 is 10.3 Å². The zero-order valence-corrected chi connectivity index (χ0v) is 17.4. The van der Waals surface area contributed by atoms with Crippen molar-refractivity contribution in [3.63, 3.8) is 0 Å². The highest BCUT2D eigenvalue weighted by Gasteiger charge is 2.29. The van der Waals surface area contributed by atoms with E-state index in [2.05, 4.69) is 10.4 Å². The summed E-state index contributed by atoms with van der Waals surface area (Å²) in [4.78, 5) is 13.1. The molecule has 0 spiro atoms. The summed E-state index contributed by atoms with van der Waals surface area (Å²) in [5, 5.41) is 29.1. The molecule has 0 saturated heterocycles. The maximum atomic E-state index is 13.1. The van der Waals surface area contributed by atoms with Crippen molar-refractivity contribution in [2.75, 3.05) is 24.7 Å². The van der Waals surface area contributed by atoms with Gasteiger partial charge in [-0.2, -0.15) is 10.1 Å². The molecule has 3 aromatic rings. The second-order valence-electron chi connectivity index (χ2n) is 7.53. The van der Waals surface area contributed by atoms with Crippen molar-refractivity contribution in [3.05, 3.63) is 71.9 Å². The summed E-state index contributed by atoms with van der Waals surface area (Å²) in [7, 11) is 0. The number of benzene rings is 2. The number of hydrogen-bond donors (Lipinski definition) is 3. The third-order valence-corrected chi connectivity index (χ3v) is 5.26. The van der Waals surface area contributed by atoms with Gasteiger partial charge in [0.25, 0.3) is 5.91 Å². The summed E-state index contributed by atoms with van der Waals surface area (Å²) < 4.78 is 1.99. The number of aromatic nitrogens is 1. The molecule has 1 aliphatic heterocycles. The lowest BCUT2D eigenvalue weighted by atomic mass is 10.1. The Morgan fingerprint density at radius 3 is 2.65 bits per heavy atom. The van der Waals surface area contributed by atoms with Crippen LogP contribution in [0.5, 0.6) is 0 Å². The molecular weight excluding hydrogens is 392 g/mol. The fourth-order valence-corrected chi connectivity index (χ4v) is 3.76. The molecule has 1 atom stereocenters. The van der Waals surface area contributed by atoms with Gasteiger partial charge in [-0.1, -0.05) is 36.4 Å². The van der Waals surface area contributed by atoms with Crippen LogP contribution in [0.15, 0.2) is 71.5 Å². The number of fused-ring (bicyclic) bond motifs is 1. The van der Waals surface area contributed by atoms with Crippen LogP contribution in [-0.4, -0.2) is 52.2 Å². The van der Waals surface area contributed by atoms with E-state index in [0.29, 0.717) is 30.9 Å². The predicted octanol–water partition coefficient (Wildman–Crippen LogP) is 2.39. The molecule has 2 aromatic carbocycles. The number of aliphatic hydroxyl groups excluding tert-OH is 2. The zero-order valence-electron chi connectivity index (χ0n) is 17.4. The Morgan fingerprint density at radius 2 is 1.87 bits per heavy atom. The Balaban J connectivity index is 1.63. The SMILES string of the molecule is CC1=NN(c2ccccc2)C(=O)C1=Cc1cn(CC(O)CNCCO)c2ccccc12. The minimum absolute atomic E-state index is 0.0336. The van der Waals surface area contributed by atoms with Gasteiger partial charge < -0.3 is 20.1 Å². The molecule has 0 fully saturated rings. The van der Waals surface area contributed by atoms with Crippen molar-refractivity contribution < 1.29 is 15.0 Å². The van der Waals surface area contributed by atoms with E-state index in [1.807, 2.05) is 78.4 Å². The number of carbonyl (C=O) groups is 1. The van der Waals surface area contributed by atoms with Crippen molar-refractivity contribution in [2.24, 2.45) is 5.10 Å². The monoisotopic (exact) mass is 418 g/mol. The number of carbonyl (C=O) groups excluding carboxylic acids is 1. The standard InChI is InChI=1S/C24H26N4O3/c1-17-22(24(31)28(26-17)19-7-3-2-4-8-19)13-18-15-27(16-20(30)14-25-11-12-29)23-10-6-5-9-21(18)23/h2-10,13,15,20,25,29-30H,11-12,14,16H2,1H3. The number of nitrogens with one attached hydrogen (secondary N) is 1. The number of rotatable bonds is 8. The highest BCUT2D eigenvalue weighted by atomic mass is 16.3. The lowest BCUT2D eigenvalue weighted by Gasteiger charge is -2.13. The number of nitrogens with zero attached hydrogens (tertiary/aromatic N) is 3. The number of aliphatic hydroxyl groups is 2. The number of para-hydroxylation sites is 2. The molecule has 160 valence electrons. The van der Waals surface area contributed by atoms with E-state index in [0.717, 1.165) is 22.2 Å². The smallest absolute Gasteiger partial charge is 0.280 e. The molecule has 4 rings (SSSR count). The molecule has 2 heterocycles. The summed E-state index contributed by atoms with van der Waals surface area (Å²) in [6.45, 7) is 3.10. The maximum absolute atomic E-state index is 13.1. The second kappa shape index (κ2) is 9.26. The first kappa shape index (κ1) is 21.0.